The number of carbonyl (C=O) groups is 1. The lowest BCUT2D eigenvalue weighted by molar-refractivity contribution is -0.116. The van der Waals surface area contributed by atoms with Crippen LogP contribution in [0, 0.1) is 0 Å². The molecule has 0 aliphatic heterocycles. The molecule has 7 nitrogen and oxygen atoms in total. The summed E-state index contributed by atoms with van der Waals surface area (Å²) in [5.41, 5.74) is 1.04. The number of amides is 1. The van der Waals surface area contributed by atoms with Gasteiger partial charge in [0, 0.05) is 24.2 Å². The second kappa shape index (κ2) is 7.46. The molecule has 9 heteroatoms. The SMILES string of the molecule is O=C(CCn1cc(Cl)cn1)Nc1ncn(Cc2ccc(Cl)cc2)n1. The molecule has 0 aliphatic rings. The Balaban J connectivity index is 1.51. The Kier molecular flexibility index (Phi) is 5.12. The number of hydrogen-bond acceptors (Lipinski definition) is 4. The van der Waals surface area contributed by atoms with Gasteiger partial charge in [-0.25, -0.2) is 9.67 Å². The summed E-state index contributed by atoms with van der Waals surface area (Å²) < 4.78 is 3.25. The average molecular weight is 365 g/mol. The lowest BCUT2D eigenvalue weighted by Crippen LogP contribution is -2.16. The maximum absolute atomic E-state index is 11.9. The fourth-order valence-electron chi connectivity index (χ4n) is 2.07. The number of aryl methyl sites for hydroxylation is 1. The summed E-state index contributed by atoms with van der Waals surface area (Å²) in [4.78, 5) is 16.0. The summed E-state index contributed by atoms with van der Waals surface area (Å²) >= 11 is 11.6. The molecule has 24 heavy (non-hydrogen) atoms. The van der Waals surface area contributed by atoms with Crippen molar-refractivity contribution in [2.24, 2.45) is 0 Å². The van der Waals surface area contributed by atoms with Crippen molar-refractivity contribution in [3.05, 3.63) is 58.6 Å². The van der Waals surface area contributed by atoms with Gasteiger partial charge in [-0.1, -0.05) is 35.3 Å². The van der Waals surface area contributed by atoms with Crippen molar-refractivity contribution in [1.29, 1.82) is 0 Å². The topological polar surface area (TPSA) is 77.6 Å². The summed E-state index contributed by atoms with van der Waals surface area (Å²) in [6.45, 7) is 0.982. The van der Waals surface area contributed by atoms with Crippen LogP contribution in [0.5, 0.6) is 0 Å². The van der Waals surface area contributed by atoms with Crippen molar-refractivity contribution in [3.8, 4) is 0 Å². The maximum Gasteiger partial charge on any atom is 0.248 e. The Labute approximate surface area is 148 Å². The molecule has 2 heterocycles. The number of hydrogen-bond donors (Lipinski definition) is 1. The first-order chi connectivity index (χ1) is 11.6. The number of carbonyl (C=O) groups excluding carboxylic acids is 1. The molecule has 0 unspecified atom stereocenters. The van der Waals surface area contributed by atoms with Crippen molar-refractivity contribution in [1.82, 2.24) is 24.5 Å². The maximum atomic E-state index is 11.9. The van der Waals surface area contributed by atoms with Crippen LogP contribution in [0.15, 0.2) is 43.0 Å². The molecular formula is C15H14Cl2N6O. The van der Waals surface area contributed by atoms with Gasteiger partial charge in [-0.15, -0.1) is 5.10 Å². The van der Waals surface area contributed by atoms with Crippen LogP contribution in [0.4, 0.5) is 5.95 Å². The zero-order valence-electron chi connectivity index (χ0n) is 12.6. The van der Waals surface area contributed by atoms with Gasteiger partial charge in [-0.05, 0) is 17.7 Å². The molecule has 3 rings (SSSR count). The van der Waals surface area contributed by atoms with Gasteiger partial charge >= 0.3 is 0 Å². The molecule has 0 fully saturated rings. The van der Waals surface area contributed by atoms with E-state index in [2.05, 4.69) is 20.5 Å². The third-order valence-electron chi connectivity index (χ3n) is 3.22. The van der Waals surface area contributed by atoms with E-state index in [9.17, 15) is 4.79 Å². The summed E-state index contributed by atoms with van der Waals surface area (Å²) in [5.74, 6) is 0.0818. The Bertz CT molecular complexity index is 827. The molecule has 0 atom stereocenters. The molecule has 3 aromatic rings. The predicted octanol–water partition coefficient (Wildman–Crippen LogP) is 2.86. The van der Waals surface area contributed by atoms with E-state index in [1.165, 1.54) is 6.20 Å². The van der Waals surface area contributed by atoms with E-state index < -0.39 is 0 Å². The van der Waals surface area contributed by atoms with E-state index in [0.717, 1.165) is 5.56 Å². The Morgan fingerprint density at radius 3 is 2.62 bits per heavy atom. The minimum absolute atomic E-state index is 0.189. The van der Waals surface area contributed by atoms with Crippen molar-refractivity contribution in [3.63, 3.8) is 0 Å². The van der Waals surface area contributed by atoms with Gasteiger partial charge in [0.05, 0.1) is 17.8 Å². The summed E-state index contributed by atoms with van der Waals surface area (Å²) in [5, 5.41) is 12.1. The number of anilines is 1. The highest BCUT2D eigenvalue weighted by Gasteiger charge is 2.08. The Hall–Kier alpha value is -2.38. The first-order valence-corrected chi connectivity index (χ1v) is 7.96. The molecule has 1 N–H and O–H groups in total. The molecule has 0 radical (unpaired) electrons. The van der Waals surface area contributed by atoms with E-state index in [1.807, 2.05) is 24.3 Å². The van der Waals surface area contributed by atoms with Crippen LogP contribution in [0.25, 0.3) is 0 Å². The lowest BCUT2D eigenvalue weighted by Gasteiger charge is -2.02. The number of nitrogens with one attached hydrogen (secondary N) is 1. The van der Waals surface area contributed by atoms with Gasteiger partial charge in [0.2, 0.25) is 11.9 Å². The quantitative estimate of drug-likeness (QED) is 0.729. The number of benzene rings is 1. The van der Waals surface area contributed by atoms with Crippen LogP contribution >= 0.6 is 23.2 Å². The highest BCUT2D eigenvalue weighted by atomic mass is 35.5. The van der Waals surface area contributed by atoms with Crippen molar-refractivity contribution in [2.45, 2.75) is 19.5 Å². The average Bonchev–Trinajstić information content (AvgIpc) is 3.17. The number of aromatic nitrogens is 5. The molecule has 0 saturated heterocycles. The third-order valence-corrected chi connectivity index (χ3v) is 3.66. The standard InChI is InChI=1S/C15H14Cl2N6O/c16-12-3-1-11(2-4-12)8-23-10-18-15(21-23)20-14(24)5-6-22-9-13(17)7-19-22/h1-4,7,9-10H,5-6,8H2,(H,20,21,24). The number of rotatable bonds is 6. The highest BCUT2D eigenvalue weighted by Crippen LogP contribution is 2.11. The van der Waals surface area contributed by atoms with Gasteiger partial charge in [0.25, 0.3) is 0 Å². The fourth-order valence-corrected chi connectivity index (χ4v) is 2.35. The van der Waals surface area contributed by atoms with Crippen LogP contribution in [0.3, 0.4) is 0 Å². The molecule has 0 saturated carbocycles. The molecule has 124 valence electrons. The van der Waals surface area contributed by atoms with E-state index in [1.54, 1.807) is 21.9 Å². The Morgan fingerprint density at radius 2 is 1.92 bits per heavy atom. The van der Waals surface area contributed by atoms with Crippen LogP contribution in [0.2, 0.25) is 10.0 Å². The lowest BCUT2D eigenvalue weighted by atomic mass is 10.2. The molecule has 2 aromatic heterocycles. The molecule has 1 aromatic carbocycles. The van der Waals surface area contributed by atoms with Crippen molar-refractivity contribution < 1.29 is 4.79 Å². The van der Waals surface area contributed by atoms with E-state index in [0.29, 0.717) is 23.1 Å². The highest BCUT2D eigenvalue weighted by molar-refractivity contribution is 6.30. The smallest absolute Gasteiger partial charge is 0.248 e. The second-order valence-corrected chi connectivity index (χ2v) is 5.98. The fraction of sp³-hybridized carbons (Fsp3) is 0.200. The second-order valence-electron chi connectivity index (χ2n) is 5.11. The third kappa shape index (κ3) is 4.56. The van der Waals surface area contributed by atoms with Gasteiger partial charge < -0.3 is 0 Å². The first kappa shape index (κ1) is 16.5. The van der Waals surface area contributed by atoms with Gasteiger partial charge in [0.15, 0.2) is 0 Å². The zero-order valence-corrected chi connectivity index (χ0v) is 14.1. The monoisotopic (exact) mass is 364 g/mol. The van der Waals surface area contributed by atoms with Crippen molar-refractivity contribution >= 4 is 35.1 Å². The van der Waals surface area contributed by atoms with Gasteiger partial charge in [-0.2, -0.15) is 5.10 Å². The molecule has 1 amide bonds. The minimum atomic E-state index is -0.189. The minimum Gasteiger partial charge on any atom is -0.293 e. The van der Waals surface area contributed by atoms with Gasteiger partial charge in [-0.3, -0.25) is 14.8 Å². The molecule has 0 bridgehead atoms. The van der Waals surface area contributed by atoms with E-state index in [4.69, 9.17) is 23.2 Å². The van der Waals surface area contributed by atoms with E-state index >= 15 is 0 Å². The summed E-state index contributed by atoms with van der Waals surface area (Å²) in [6.07, 6.45) is 5.01. The molecule has 0 spiro atoms. The largest absolute Gasteiger partial charge is 0.293 e. The summed E-state index contributed by atoms with van der Waals surface area (Å²) in [6, 6.07) is 7.46. The number of nitrogens with zero attached hydrogens (tertiary/aromatic N) is 5. The normalized spacial score (nSPS) is 10.8. The van der Waals surface area contributed by atoms with Crippen LogP contribution in [0.1, 0.15) is 12.0 Å². The molecular weight excluding hydrogens is 351 g/mol. The predicted molar refractivity (Wildman–Crippen MR) is 91.1 cm³/mol. The van der Waals surface area contributed by atoms with Crippen molar-refractivity contribution in [2.75, 3.05) is 5.32 Å². The van der Waals surface area contributed by atoms with Crippen LogP contribution in [-0.2, 0) is 17.9 Å². The summed E-state index contributed by atoms with van der Waals surface area (Å²) in [7, 11) is 0. The zero-order chi connectivity index (χ0) is 16.9. The van der Waals surface area contributed by atoms with Crippen LogP contribution < -0.4 is 5.32 Å². The van der Waals surface area contributed by atoms with E-state index in [-0.39, 0.29) is 18.3 Å². The number of halogens is 2. The van der Waals surface area contributed by atoms with Crippen LogP contribution in [-0.4, -0.2) is 30.5 Å². The first-order valence-electron chi connectivity index (χ1n) is 7.20. The Morgan fingerprint density at radius 1 is 1.12 bits per heavy atom. The van der Waals surface area contributed by atoms with Gasteiger partial charge in [0.1, 0.15) is 6.33 Å². The molecule has 0 aliphatic carbocycles.